The number of nitrogens with zero attached hydrogens (tertiary/aromatic N) is 3. The van der Waals surface area contributed by atoms with Gasteiger partial charge in [0.15, 0.2) is 0 Å². The first-order chi connectivity index (χ1) is 8.54. The van der Waals surface area contributed by atoms with Crippen molar-refractivity contribution in [2.75, 3.05) is 18.5 Å². The van der Waals surface area contributed by atoms with E-state index >= 15 is 0 Å². The Labute approximate surface area is 115 Å². The number of hydrogen-bond acceptors (Lipinski definition) is 3. The van der Waals surface area contributed by atoms with Crippen LogP contribution in [0.15, 0.2) is 6.20 Å². The number of carbonyl (C=O) groups excluding carboxylic acids is 1. The highest BCUT2D eigenvalue weighted by molar-refractivity contribution is 9.09. The molecule has 2 unspecified atom stereocenters. The van der Waals surface area contributed by atoms with Gasteiger partial charge in [-0.2, -0.15) is 5.10 Å². The zero-order chi connectivity index (χ0) is 13.3. The number of morpholine rings is 1. The predicted octanol–water partition coefficient (Wildman–Crippen LogP) is 1.35. The average Bonchev–Trinajstić information content (AvgIpc) is 2.70. The molecular formula is C12H18BrN3O2. The molecule has 1 amide bonds. The Morgan fingerprint density at radius 1 is 1.67 bits per heavy atom. The van der Waals surface area contributed by atoms with Gasteiger partial charge in [-0.25, -0.2) is 0 Å². The quantitative estimate of drug-likeness (QED) is 0.774. The minimum absolute atomic E-state index is 0.0438. The second-order valence-electron chi connectivity index (χ2n) is 4.68. The van der Waals surface area contributed by atoms with Crippen LogP contribution in [-0.2, 0) is 11.8 Å². The first-order valence-electron chi connectivity index (χ1n) is 6.01. The molecule has 2 atom stereocenters. The summed E-state index contributed by atoms with van der Waals surface area (Å²) in [6.45, 7) is 5.13. The molecule has 1 aromatic rings. The van der Waals surface area contributed by atoms with E-state index in [1.807, 2.05) is 25.8 Å². The molecule has 0 aromatic carbocycles. The lowest BCUT2D eigenvalue weighted by molar-refractivity contribution is -0.0361. The summed E-state index contributed by atoms with van der Waals surface area (Å²) in [4.78, 5) is 14.4. The summed E-state index contributed by atoms with van der Waals surface area (Å²) >= 11 is 3.40. The normalized spacial score (nSPS) is 24.3. The van der Waals surface area contributed by atoms with Gasteiger partial charge < -0.3 is 9.64 Å². The Morgan fingerprint density at radius 3 is 2.94 bits per heavy atom. The van der Waals surface area contributed by atoms with E-state index in [9.17, 15) is 4.79 Å². The fourth-order valence-electron chi connectivity index (χ4n) is 2.06. The topological polar surface area (TPSA) is 47.4 Å². The highest BCUT2D eigenvalue weighted by Crippen LogP contribution is 2.18. The molecule has 1 saturated heterocycles. The van der Waals surface area contributed by atoms with Crippen LogP contribution in [-0.4, -0.2) is 51.2 Å². The number of amides is 1. The molecule has 0 N–H and O–H groups in total. The molecule has 5 nitrogen and oxygen atoms in total. The van der Waals surface area contributed by atoms with E-state index in [-0.39, 0.29) is 18.1 Å². The van der Waals surface area contributed by atoms with E-state index < -0.39 is 0 Å². The van der Waals surface area contributed by atoms with E-state index in [4.69, 9.17) is 4.74 Å². The van der Waals surface area contributed by atoms with Crippen molar-refractivity contribution in [3.05, 3.63) is 17.5 Å². The van der Waals surface area contributed by atoms with Gasteiger partial charge in [0, 0.05) is 24.6 Å². The summed E-state index contributed by atoms with van der Waals surface area (Å²) < 4.78 is 7.35. The summed E-state index contributed by atoms with van der Waals surface area (Å²) in [5.41, 5.74) is 1.58. The van der Waals surface area contributed by atoms with Crippen molar-refractivity contribution in [2.24, 2.45) is 7.05 Å². The van der Waals surface area contributed by atoms with Crippen LogP contribution in [0.5, 0.6) is 0 Å². The smallest absolute Gasteiger partial charge is 0.257 e. The van der Waals surface area contributed by atoms with Gasteiger partial charge in [-0.3, -0.25) is 9.48 Å². The van der Waals surface area contributed by atoms with Gasteiger partial charge >= 0.3 is 0 Å². The van der Waals surface area contributed by atoms with Crippen LogP contribution in [0.3, 0.4) is 0 Å². The van der Waals surface area contributed by atoms with Crippen LogP contribution in [0.1, 0.15) is 23.0 Å². The average molecular weight is 316 g/mol. The minimum atomic E-state index is 0.0438. The van der Waals surface area contributed by atoms with E-state index in [0.717, 1.165) is 11.0 Å². The third kappa shape index (κ3) is 2.44. The van der Waals surface area contributed by atoms with Crippen LogP contribution in [0.4, 0.5) is 0 Å². The van der Waals surface area contributed by atoms with E-state index in [2.05, 4.69) is 21.0 Å². The lowest BCUT2D eigenvalue weighted by Gasteiger charge is -2.37. The van der Waals surface area contributed by atoms with Gasteiger partial charge in [-0.15, -0.1) is 0 Å². The number of rotatable bonds is 2. The largest absolute Gasteiger partial charge is 0.373 e. The molecule has 0 spiro atoms. The maximum Gasteiger partial charge on any atom is 0.257 e. The Hall–Kier alpha value is -0.880. The fourth-order valence-corrected chi connectivity index (χ4v) is 2.45. The second kappa shape index (κ2) is 5.40. The van der Waals surface area contributed by atoms with Gasteiger partial charge in [-0.1, -0.05) is 15.9 Å². The lowest BCUT2D eigenvalue weighted by atomic mass is 10.1. The van der Waals surface area contributed by atoms with Crippen molar-refractivity contribution < 1.29 is 9.53 Å². The zero-order valence-electron chi connectivity index (χ0n) is 10.9. The Kier molecular flexibility index (Phi) is 4.07. The molecule has 18 heavy (non-hydrogen) atoms. The number of aromatic nitrogens is 2. The highest BCUT2D eigenvalue weighted by Gasteiger charge is 2.31. The number of aryl methyl sites for hydroxylation is 1. The molecule has 2 rings (SSSR count). The van der Waals surface area contributed by atoms with Crippen LogP contribution in [0.2, 0.25) is 0 Å². The molecule has 1 aliphatic rings. The van der Waals surface area contributed by atoms with Gasteiger partial charge in [0.1, 0.15) is 0 Å². The maximum absolute atomic E-state index is 12.5. The van der Waals surface area contributed by atoms with Crippen molar-refractivity contribution in [1.29, 1.82) is 0 Å². The van der Waals surface area contributed by atoms with Gasteiger partial charge in [0.2, 0.25) is 0 Å². The van der Waals surface area contributed by atoms with Crippen LogP contribution in [0.25, 0.3) is 0 Å². The number of carbonyl (C=O) groups is 1. The summed E-state index contributed by atoms with van der Waals surface area (Å²) in [5, 5.41) is 4.87. The van der Waals surface area contributed by atoms with Crippen LogP contribution >= 0.6 is 15.9 Å². The molecule has 100 valence electrons. The SMILES string of the molecule is Cc1c(C(=O)N2CC(CBr)OCC2C)cnn1C. The molecule has 0 aliphatic carbocycles. The minimum Gasteiger partial charge on any atom is -0.373 e. The van der Waals surface area contributed by atoms with Crippen molar-refractivity contribution in [3.63, 3.8) is 0 Å². The third-order valence-electron chi connectivity index (χ3n) is 3.40. The summed E-state index contributed by atoms with van der Waals surface area (Å²) in [6.07, 6.45) is 1.71. The monoisotopic (exact) mass is 315 g/mol. The molecule has 1 aromatic heterocycles. The number of halogens is 1. The van der Waals surface area contributed by atoms with E-state index in [1.54, 1.807) is 10.9 Å². The highest BCUT2D eigenvalue weighted by atomic mass is 79.9. The standard InChI is InChI=1S/C12H18BrN3O2/c1-8-7-18-10(4-13)6-16(8)12(17)11-5-14-15(3)9(11)2/h5,8,10H,4,6-7H2,1-3H3. The third-order valence-corrected chi connectivity index (χ3v) is 4.13. The van der Waals surface area contributed by atoms with Crippen LogP contribution < -0.4 is 0 Å². The van der Waals surface area contributed by atoms with Crippen molar-refractivity contribution in [1.82, 2.24) is 14.7 Å². The number of alkyl halides is 1. The van der Waals surface area contributed by atoms with Gasteiger partial charge in [0.05, 0.1) is 30.5 Å². The Bertz CT molecular complexity index is 447. The second-order valence-corrected chi connectivity index (χ2v) is 5.33. The fraction of sp³-hybridized carbons (Fsp3) is 0.667. The molecule has 1 fully saturated rings. The molecule has 0 saturated carbocycles. The van der Waals surface area contributed by atoms with Crippen molar-refractivity contribution in [2.45, 2.75) is 26.0 Å². The van der Waals surface area contributed by atoms with Crippen molar-refractivity contribution in [3.8, 4) is 0 Å². The first kappa shape index (κ1) is 13.5. The molecule has 0 radical (unpaired) electrons. The maximum atomic E-state index is 12.5. The number of ether oxygens (including phenoxy) is 1. The summed E-state index contributed by atoms with van der Waals surface area (Å²) in [7, 11) is 1.84. The van der Waals surface area contributed by atoms with Gasteiger partial charge in [-0.05, 0) is 13.8 Å². The molecule has 2 heterocycles. The van der Waals surface area contributed by atoms with Crippen LogP contribution in [0, 0.1) is 6.92 Å². The van der Waals surface area contributed by atoms with Gasteiger partial charge in [0.25, 0.3) is 5.91 Å². The molecular weight excluding hydrogens is 298 g/mol. The molecule has 6 heteroatoms. The summed E-state index contributed by atoms with van der Waals surface area (Å²) in [6, 6.07) is 0.104. The Morgan fingerprint density at radius 2 is 2.39 bits per heavy atom. The predicted molar refractivity (Wildman–Crippen MR) is 72.0 cm³/mol. The van der Waals surface area contributed by atoms with E-state index in [0.29, 0.717) is 18.7 Å². The first-order valence-corrected chi connectivity index (χ1v) is 7.14. The van der Waals surface area contributed by atoms with E-state index in [1.165, 1.54) is 0 Å². The molecule has 0 bridgehead atoms. The number of hydrogen-bond donors (Lipinski definition) is 0. The van der Waals surface area contributed by atoms with Crippen molar-refractivity contribution >= 4 is 21.8 Å². The lowest BCUT2D eigenvalue weighted by Crippen LogP contribution is -2.51. The zero-order valence-corrected chi connectivity index (χ0v) is 12.5. The molecule has 1 aliphatic heterocycles. The summed E-state index contributed by atoms with van der Waals surface area (Å²) in [5.74, 6) is 0.0438. The Balaban J connectivity index is 2.19.